The second kappa shape index (κ2) is 8.62. The summed E-state index contributed by atoms with van der Waals surface area (Å²) >= 11 is 0. The highest BCUT2D eigenvalue weighted by atomic mass is 16.5. The molecule has 0 aliphatic carbocycles. The lowest BCUT2D eigenvalue weighted by Crippen LogP contribution is -2.23. The quantitative estimate of drug-likeness (QED) is 0.758. The minimum atomic E-state index is -0.263. The van der Waals surface area contributed by atoms with Crippen molar-refractivity contribution >= 4 is 5.91 Å². The number of hydrogen-bond acceptors (Lipinski definition) is 4. The van der Waals surface area contributed by atoms with Crippen LogP contribution in [0.5, 0.6) is 17.2 Å². The van der Waals surface area contributed by atoms with Gasteiger partial charge in [0.15, 0.2) is 0 Å². The molecule has 24 heavy (non-hydrogen) atoms. The van der Waals surface area contributed by atoms with Crippen molar-refractivity contribution in [1.82, 2.24) is 5.32 Å². The molecule has 5 nitrogen and oxygen atoms in total. The summed E-state index contributed by atoms with van der Waals surface area (Å²) in [5.74, 6) is 1.50. The van der Waals surface area contributed by atoms with E-state index in [1.54, 1.807) is 25.3 Å². The summed E-state index contributed by atoms with van der Waals surface area (Å²) in [6.45, 7) is 4.46. The van der Waals surface area contributed by atoms with Crippen molar-refractivity contribution in [3.05, 3.63) is 66.2 Å². The van der Waals surface area contributed by atoms with E-state index < -0.39 is 0 Å². The number of methoxy groups -OCH3 is 2. The van der Waals surface area contributed by atoms with E-state index in [2.05, 4.69) is 18.0 Å². The number of ether oxygens (including phenoxy) is 3. The number of amides is 1. The fourth-order valence-corrected chi connectivity index (χ4v) is 2.04. The van der Waals surface area contributed by atoms with E-state index in [9.17, 15) is 4.79 Å². The lowest BCUT2D eigenvalue weighted by atomic mass is 10.1. The second-order valence-corrected chi connectivity index (χ2v) is 4.91. The molecule has 1 radical (unpaired) electrons. The van der Waals surface area contributed by atoms with Crippen molar-refractivity contribution in [3.63, 3.8) is 0 Å². The van der Waals surface area contributed by atoms with Crippen LogP contribution in [-0.2, 0) is 6.54 Å². The average Bonchev–Trinajstić information content (AvgIpc) is 2.64. The molecule has 0 saturated heterocycles. The van der Waals surface area contributed by atoms with Crippen LogP contribution in [0.2, 0.25) is 0 Å². The Hall–Kier alpha value is -2.95. The molecule has 0 aliphatic rings. The van der Waals surface area contributed by atoms with Crippen LogP contribution in [-0.4, -0.2) is 26.7 Å². The SMILES string of the molecule is C=CCOc1ccc(CNC(=O)c2[c]cc(OC)cc2OC)cc1. The smallest absolute Gasteiger partial charge is 0.255 e. The van der Waals surface area contributed by atoms with Crippen molar-refractivity contribution in [2.24, 2.45) is 0 Å². The zero-order chi connectivity index (χ0) is 17.4. The van der Waals surface area contributed by atoms with Crippen LogP contribution in [0.3, 0.4) is 0 Å². The molecule has 125 valence electrons. The summed E-state index contributed by atoms with van der Waals surface area (Å²) in [5.41, 5.74) is 1.30. The van der Waals surface area contributed by atoms with E-state index in [1.165, 1.54) is 7.11 Å². The van der Waals surface area contributed by atoms with Gasteiger partial charge in [-0.15, -0.1) is 0 Å². The Balaban J connectivity index is 1.99. The van der Waals surface area contributed by atoms with Gasteiger partial charge in [-0.1, -0.05) is 24.8 Å². The van der Waals surface area contributed by atoms with E-state index in [0.29, 0.717) is 30.2 Å². The van der Waals surface area contributed by atoms with E-state index >= 15 is 0 Å². The van der Waals surface area contributed by atoms with Crippen LogP contribution in [0, 0.1) is 6.07 Å². The van der Waals surface area contributed by atoms with Gasteiger partial charge in [0.05, 0.1) is 19.8 Å². The normalized spacial score (nSPS) is 9.92. The fourth-order valence-electron chi connectivity index (χ4n) is 2.04. The van der Waals surface area contributed by atoms with Crippen molar-refractivity contribution in [2.75, 3.05) is 20.8 Å². The minimum Gasteiger partial charge on any atom is -0.497 e. The van der Waals surface area contributed by atoms with Crippen LogP contribution in [0.15, 0.2) is 49.1 Å². The maximum absolute atomic E-state index is 12.3. The summed E-state index contributed by atoms with van der Waals surface area (Å²) in [7, 11) is 3.05. The molecular formula is C19H20NO4. The molecule has 1 amide bonds. The third-order valence-electron chi connectivity index (χ3n) is 3.31. The summed E-state index contributed by atoms with van der Waals surface area (Å²) in [6.07, 6.45) is 1.69. The predicted octanol–water partition coefficient (Wildman–Crippen LogP) is 3.00. The molecule has 0 heterocycles. The van der Waals surface area contributed by atoms with Crippen molar-refractivity contribution < 1.29 is 19.0 Å². The second-order valence-electron chi connectivity index (χ2n) is 4.91. The number of carbonyl (C=O) groups is 1. The summed E-state index contributed by atoms with van der Waals surface area (Å²) < 4.78 is 15.7. The lowest BCUT2D eigenvalue weighted by Gasteiger charge is -2.11. The van der Waals surface area contributed by atoms with Gasteiger partial charge in [0, 0.05) is 18.7 Å². The zero-order valence-corrected chi connectivity index (χ0v) is 13.8. The number of benzene rings is 2. The Morgan fingerprint density at radius 3 is 2.58 bits per heavy atom. The van der Waals surface area contributed by atoms with Gasteiger partial charge in [-0.05, 0) is 23.8 Å². The Labute approximate surface area is 141 Å². The molecule has 0 bridgehead atoms. The molecule has 2 aromatic rings. The first-order chi connectivity index (χ1) is 11.7. The maximum Gasteiger partial charge on any atom is 0.255 e. The fraction of sp³-hybridized carbons (Fsp3) is 0.211. The standard InChI is InChI=1S/C19H20NO4/c1-4-11-24-15-7-5-14(6-8-15)13-20-19(21)17-10-9-16(22-2)12-18(17)23-3/h4-9,12H,1,11,13H2,2-3H3,(H,20,21). The van der Waals surface area contributed by atoms with Gasteiger partial charge in [0.25, 0.3) is 5.91 Å². The monoisotopic (exact) mass is 326 g/mol. The van der Waals surface area contributed by atoms with Crippen molar-refractivity contribution in [3.8, 4) is 17.2 Å². The first kappa shape index (κ1) is 17.4. The highest BCUT2D eigenvalue weighted by molar-refractivity contribution is 5.96. The Bertz CT molecular complexity index is 695. The van der Waals surface area contributed by atoms with Gasteiger partial charge in [-0.2, -0.15) is 0 Å². The molecule has 0 unspecified atom stereocenters. The predicted molar refractivity (Wildman–Crippen MR) is 91.7 cm³/mol. The van der Waals surface area contributed by atoms with E-state index in [1.807, 2.05) is 24.3 Å². The molecule has 0 fully saturated rings. The third kappa shape index (κ3) is 4.52. The minimum absolute atomic E-state index is 0.263. The third-order valence-corrected chi connectivity index (χ3v) is 3.31. The lowest BCUT2D eigenvalue weighted by molar-refractivity contribution is 0.0947. The molecule has 2 aromatic carbocycles. The van der Waals surface area contributed by atoms with Gasteiger partial charge < -0.3 is 19.5 Å². The topological polar surface area (TPSA) is 56.8 Å². The summed E-state index contributed by atoms with van der Waals surface area (Å²) in [5, 5.41) is 2.84. The number of nitrogens with one attached hydrogen (secondary N) is 1. The highest BCUT2D eigenvalue weighted by Gasteiger charge is 2.13. The van der Waals surface area contributed by atoms with Crippen LogP contribution >= 0.6 is 0 Å². The molecule has 0 aromatic heterocycles. The first-order valence-electron chi connectivity index (χ1n) is 7.42. The molecule has 2 rings (SSSR count). The largest absolute Gasteiger partial charge is 0.497 e. The van der Waals surface area contributed by atoms with E-state index in [4.69, 9.17) is 14.2 Å². The zero-order valence-electron chi connectivity index (χ0n) is 13.8. The van der Waals surface area contributed by atoms with Gasteiger partial charge in [0.1, 0.15) is 23.9 Å². The van der Waals surface area contributed by atoms with Crippen molar-refractivity contribution in [2.45, 2.75) is 6.54 Å². The Morgan fingerprint density at radius 1 is 1.21 bits per heavy atom. The molecular weight excluding hydrogens is 306 g/mol. The Kier molecular flexibility index (Phi) is 6.25. The van der Waals surface area contributed by atoms with E-state index in [-0.39, 0.29) is 5.91 Å². The first-order valence-corrected chi connectivity index (χ1v) is 7.42. The molecule has 1 N–H and O–H groups in total. The van der Waals surface area contributed by atoms with Crippen LogP contribution < -0.4 is 19.5 Å². The number of rotatable bonds is 8. The van der Waals surface area contributed by atoms with Gasteiger partial charge in [-0.25, -0.2) is 0 Å². The molecule has 0 spiro atoms. The van der Waals surface area contributed by atoms with Crippen molar-refractivity contribution in [1.29, 1.82) is 0 Å². The van der Waals surface area contributed by atoms with Crippen LogP contribution in [0.1, 0.15) is 15.9 Å². The number of carbonyl (C=O) groups excluding carboxylic acids is 1. The summed E-state index contributed by atoms with van der Waals surface area (Å²) in [4.78, 5) is 12.3. The van der Waals surface area contributed by atoms with Gasteiger partial charge in [0.2, 0.25) is 0 Å². The molecule has 5 heteroatoms. The molecule has 0 aliphatic heterocycles. The molecule has 0 atom stereocenters. The van der Waals surface area contributed by atoms with Crippen LogP contribution in [0.25, 0.3) is 0 Å². The maximum atomic E-state index is 12.3. The average molecular weight is 326 g/mol. The molecule has 0 saturated carbocycles. The summed E-state index contributed by atoms with van der Waals surface area (Å²) in [6, 6.07) is 13.6. The van der Waals surface area contributed by atoms with E-state index in [0.717, 1.165) is 11.3 Å². The number of hydrogen-bond donors (Lipinski definition) is 1. The van der Waals surface area contributed by atoms with Crippen LogP contribution in [0.4, 0.5) is 0 Å². The van der Waals surface area contributed by atoms with Gasteiger partial charge in [-0.3, -0.25) is 4.79 Å². The Morgan fingerprint density at radius 2 is 1.96 bits per heavy atom. The highest BCUT2D eigenvalue weighted by Crippen LogP contribution is 2.24. The van der Waals surface area contributed by atoms with Gasteiger partial charge >= 0.3 is 0 Å².